The molecule has 2 heterocycles. The summed E-state index contributed by atoms with van der Waals surface area (Å²) in [5.74, 6) is 0.258. The molecule has 0 saturated carbocycles. The Bertz CT molecular complexity index is 1080. The van der Waals surface area contributed by atoms with Crippen molar-refractivity contribution in [2.75, 3.05) is 13.7 Å². The number of carbonyl (C=O) groups is 2. The second-order valence-corrected chi connectivity index (χ2v) is 12.6. The zero-order chi connectivity index (χ0) is 28.2. The monoisotopic (exact) mass is 529 g/mol. The highest BCUT2D eigenvalue weighted by atomic mass is 16.6. The topological polar surface area (TPSA) is 89.2 Å². The van der Waals surface area contributed by atoms with Crippen LogP contribution in [0.1, 0.15) is 78.9 Å². The molecule has 212 valence electrons. The first-order valence-electron chi connectivity index (χ1n) is 14.0. The van der Waals surface area contributed by atoms with Crippen LogP contribution in [0.3, 0.4) is 0 Å². The van der Waals surface area contributed by atoms with Crippen molar-refractivity contribution in [1.82, 2.24) is 4.90 Å². The fourth-order valence-electron chi connectivity index (χ4n) is 5.82. The fourth-order valence-corrected chi connectivity index (χ4v) is 5.82. The molecule has 1 fully saturated rings. The van der Waals surface area contributed by atoms with Gasteiger partial charge in [-0.2, -0.15) is 0 Å². The number of aryl methyl sites for hydroxylation is 1. The van der Waals surface area contributed by atoms with Crippen LogP contribution in [0, 0.1) is 23.7 Å². The summed E-state index contributed by atoms with van der Waals surface area (Å²) in [6.07, 6.45) is 4.22. The zero-order valence-electron chi connectivity index (χ0n) is 24.5. The minimum Gasteiger partial charge on any atom is -0.465 e. The van der Waals surface area contributed by atoms with Gasteiger partial charge in [0.05, 0.1) is 18.2 Å². The van der Waals surface area contributed by atoms with E-state index in [0.29, 0.717) is 25.4 Å². The molecule has 0 unspecified atom stereocenters. The van der Waals surface area contributed by atoms with Crippen molar-refractivity contribution < 1.29 is 28.6 Å². The van der Waals surface area contributed by atoms with Crippen molar-refractivity contribution in [3.63, 3.8) is 0 Å². The largest absolute Gasteiger partial charge is 0.465 e. The maximum Gasteiger partial charge on any atom is 0.408 e. The number of rotatable bonds is 12. The van der Waals surface area contributed by atoms with Crippen LogP contribution in [0.4, 0.5) is 4.79 Å². The molecule has 1 aromatic heterocycles. The molecule has 0 aliphatic carbocycles. The van der Waals surface area contributed by atoms with Gasteiger partial charge in [-0.25, -0.2) is 4.79 Å². The molecule has 7 nitrogen and oxygen atoms in total. The van der Waals surface area contributed by atoms with E-state index in [4.69, 9.17) is 13.9 Å². The van der Waals surface area contributed by atoms with Gasteiger partial charge >= 0.3 is 12.1 Å². The smallest absolute Gasteiger partial charge is 0.408 e. The van der Waals surface area contributed by atoms with Crippen LogP contribution >= 0.6 is 0 Å². The molecule has 1 aliphatic rings. The van der Waals surface area contributed by atoms with Crippen molar-refractivity contribution in [1.29, 1.82) is 0 Å². The Morgan fingerprint density at radius 3 is 2.47 bits per heavy atom. The van der Waals surface area contributed by atoms with Crippen molar-refractivity contribution in [3.8, 4) is 0 Å². The lowest BCUT2D eigenvalue weighted by Gasteiger charge is -2.43. The first-order valence-corrected chi connectivity index (χ1v) is 14.0. The van der Waals surface area contributed by atoms with Gasteiger partial charge in [-0.05, 0) is 93.9 Å². The lowest BCUT2D eigenvalue weighted by atomic mass is 9.80. The number of furan rings is 1. The fraction of sp³-hybridized carbons (Fsp3) is 0.677. The van der Waals surface area contributed by atoms with Gasteiger partial charge in [0.15, 0.2) is 0 Å². The van der Waals surface area contributed by atoms with E-state index in [-0.39, 0.29) is 23.7 Å². The van der Waals surface area contributed by atoms with E-state index in [2.05, 4.69) is 26.0 Å². The maximum atomic E-state index is 12.7. The summed E-state index contributed by atoms with van der Waals surface area (Å²) in [4.78, 5) is 26.8. The average molecular weight is 530 g/mol. The summed E-state index contributed by atoms with van der Waals surface area (Å²) in [5.41, 5.74) is 2.63. The van der Waals surface area contributed by atoms with E-state index >= 15 is 0 Å². The summed E-state index contributed by atoms with van der Waals surface area (Å²) in [7, 11) is 1.71. The maximum absolute atomic E-state index is 12.7. The van der Waals surface area contributed by atoms with Crippen LogP contribution < -0.4 is 0 Å². The lowest BCUT2D eigenvalue weighted by molar-refractivity contribution is -0.148. The summed E-state index contributed by atoms with van der Waals surface area (Å²) >= 11 is 0. The minimum atomic E-state index is -0.977. The van der Waals surface area contributed by atoms with E-state index in [1.54, 1.807) is 7.11 Å². The predicted molar refractivity (Wildman–Crippen MR) is 149 cm³/mol. The van der Waals surface area contributed by atoms with Crippen LogP contribution in [0.25, 0.3) is 11.0 Å². The number of hydrogen-bond donors (Lipinski definition) is 1. The predicted octanol–water partition coefficient (Wildman–Crippen LogP) is 6.95. The molecule has 0 spiro atoms. The SMILES string of the molecule is COCCCc1coc2ccc(C[C@@H](C[C@@H]([C@@H]3C[C@@H](C(C)C)C(=O)O3)N(C(=O)O)C(C)(C)C)C(C)C)cc12. The van der Waals surface area contributed by atoms with Gasteiger partial charge in [-0.15, -0.1) is 0 Å². The number of amides is 1. The highest BCUT2D eigenvalue weighted by molar-refractivity contribution is 5.81. The Morgan fingerprint density at radius 1 is 1.21 bits per heavy atom. The lowest BCUT2D eigenvalue weighted by Crippen LogP contribution is -2.56. The van der Waals surface area contributed by atoms with E-state index in [1.165, 1.54) is 16.0 Å². The van der Waals surface area contributed by atoms with Gasteiger partial charge in [0, 0.05) is 24.6 Å². The number of cyclic esters (lactones) is 1. The Labute approximate surface area is 227 Å². The molecule has 1 N–H and O–H groups in total. The summed E-state index contributed by atoms with van der Waals surface area (Å²) in [5, 5.41) is 11.4. The Balaban J connectivity index is 1.90. The molecule has 1 amide bonds. The zero-order valence-corrected chi connectivity index (χ0v) is 24.5. The third kappa shape index (κ3) is 7.10. The number of benzene rings is 1. The second kappa shape index (κ2) is 12.5. The summed E-state index contributed by atoms with van der Waals surface area (Å²) in [6, 6.07) is 5.94. The van der Waals surface area contributed by atoms with Crippen molar-refractivity contribution in [2.24, 2.45) is 23.7 Å². The van der Waals surface area contributed by atoms with E-state index in [1.807, 2.05) is 46.9 Å². The normalized spacial score (nSPS) is 19.8. The van der Waals surface area contributed by atoms with Crippen molar-refractivity contribution >= 4 is 23.0 Å². The van der Waals surface area contributed by atoms with Gasteiger partial charge in [-0.3, -0.25) is 9.69 Å². The molecular weight excluding hydrogens is 482 g/mol. The molecule has 3 rings (SSSR count). The number of hydrogen-bond acceptors (Lipinski definition) is 5. The van der Waals surface area contributed by atoms with E-state index in [0.717, 1.165) is 30.2 Å². The van der Waals surface area contributed by atoms with Crippen molar-refractivity contribution in [3.05, 3.63) is 35.6 Å². The second-order valence-electron chi connectivity index (χ2n) is 12.6. The van der Waals surface area contributed by atoms with Gasteiger partial charge in [0.1, 0.15) is 11.7 Å². The highest BCUT2D eigenvalue weighted by Gasteiger charge is 2.46. The molecule has 0 bridgehead atoms. The molecule has 1 aliphatic heterocycles. The number of esters is 1. The van der Waals surface area contributed by atoms with Crippen LogP contribution in [-0.4, -0.2) is 53.5 Å². The minimum absolute atomic E-state index is 0.154. The molecule has 1 aromatic carbocycles. The average Bonchev–Trinajstić information content (AvgIpc) is 3.40. The number of fused-ring (bicyclic) bond motifs is 1. The van der Waals surface area contributed by atoms with E-state index in [9.17, 15) is 14.7 Å². The summed E-state index contributed by atoms with van der Waals surface area (Å²) < 4.78 is 16.9. The number of ether oxygens (including phenoxy) is 2. The molecule has 7 heteroatoms. The van der Waals surface area contributed by atoms with E-state index < -0.39 is 23.8 Å². The number of methoxy groups -OCH3 is 1. The molecule has 0 radical (unpaired) electrons. The van der Waals surface area contributed by atoms with Gasteiger partial charge < -0.3 is 19.0 Å². The van der Waals surface area contributed by atoms with Gasteiger partial charge in [0.25, 0.3) is 0 Å². The Kier molecular flexibility index (Phi) is 9.91. The van der Waals surface area contributed by atoms with Crippen LogP contribution in [0.15, 0.2) is 28.9 Å². The Hall–Kier alpha value is -2.54. The van der Waals surface area contributed by atoms with Crippen LogP contribution in [0.2, 0.25) is 0 Å². The standard InChI is InChI=1S/C31H47NO6/c1-19(2)23(14-21-11-12-27-25(15-21)22(18-37-27)10-9-13-36-8)16-26(32(30(34)35)31(5,6)7)28-17-24(20(3)4)29(33)38-28/h11-12,15,18-20,23-24,26,28H,9-10,13-14,16-17H2,1-8H3,(H,34,35)/t23-,24-,26-,28-/m0/s1. The quantitative estimate of drug-likeness (QED) is 0.236. The molecule has 4 atom stereocenters. The number of carboxylic acid groups (broad SMARTS) is 1. The first-order chi connectivity index (χ1) is 17.8. The van der Waals surface area contributed by atoms with Crippen molar-refractivity contribution in [2.45, 2.75) is 98.3 Å². The highest BCUT2D eigenvalue weighted by Crippen LogP contribution is 2.37. The summed E-state index contributed by atoms with van der Waals surface area (Å²) in [6.45, 7) is 14.9. The molecular formula is C31H47NO6. The van der Waals surface area contributed by atoms with Crippen LogP contribution in [0.5, 0.6) is 0 Å². The first kappa shape index (κ1) is 30.0. The van der Waals surface area contributed by atoms with Crippen LogP contribution in [-0.2, 0) is 27.1 Å². The Morgan fingerprint density at radius 2 is 1.92 bits per heavy atom. The number of carbonyl (C=O) groups excluding carboxylic acids is 1. The van der Waals surface area contributed by atoms with Gasteiger partial charge in [-0.1, -0.05) is 33.8 Å². The third-order valence-electron chi connectivity index (χ3n) is 8.05. The molecule has 1 saturated heterocycles. The molecule has 38 heavy (non-hydrogen) atoms. The third-order valence-corrected chi connectivity index (χ3v) is 8.05. The van der Waals surface area contributed by atoms with Gasteiger partial charge in [0.2, 0.25) is 0 Å². The molecule has 2 aromatic rings. The number of nitrogens with zero attached hydrogens (tertiary/aromatic N) is 1.